The van der Waals surface area contributed by atoms with Crippen molar-refractivity contribution in [3.63, 3.8) is 0 Å². The Balaban J connectivity index is 1.45. The van der Waals surface area contributed by atoms with E-state index in [1.165, 1.54) is 38.8 Å². The van der Waals surface area contributed by atoms with Gasteiger partial charge in [0.05, 0.1) is 0 Å². The van der Waals surface area contributed by atoms with Crippen LogP contribution in [-0.2, 0) is 4.79 Å². The van der Waals surface area contributed by atoms with Crippen LogP contribution >= 0.6 is 0 Å². The summed E-state index contributed by atoms with van der Waals surface area (Å²) in [5.41, 5.74) is 0. The number of carbonyl (C=O) groups excluding carboxylic acids is 1. The lowest BCUT2D eigenvalue weighted by atomic mass is 9.82. The Bertz CT molecular complexity index is 428. The van der Waals surface area contributed by atoms with Gasteiger partial charge in [-0.15, -0.1) is 0 Å². The van der Waals surface area contributed by atoms with Gasteiger partial charge in [-0.1, -0.05) is 12.8 Å². The highest BCUT2D eigenvalue weighted by atomic mass is 16.2. The fourth-order valence-corrected chi connectivity index (χ4v) is 4.60. The monoisotopic (exact) mass is 320 g/mol. The van der Waals surface area contributed by atoms with Crippen molar-refractivity contribution >= 4 is 11.9 Å². The highest BCUT2D eigenvalue weighted by Crippen LogP contribution is 2.35. The van der Waals surface area contributed by atoms with Crippen LogP contribution in [0.3, 0.4) is 0 Å². The smallest absolute Gasteiger partial charge is 0.219 e. The number of hydrogen-bond donors (Lipinski definition) is 1. The minimum absolute atomic E-state index is 0.215. The number of hydrogen-bond acceptors (Lipinski definition) is 2. The number of aliphatic imine (C=N–C) groups is 1. The molecular formula is C18H32N4O. The van der Waals surface area contributed by atoms with E-state index in [9.17, 15) is 4.79 Å². The summed E-state index contributed by atoms with van der Waals surface area (Å²) in [6.07, 6.45) is 7.85. The normalized spacial score (nSPS) is 29.6. The Morgan fingerprint density at radius 1 is 1.04 bits per heavy atom. The van der Waals surface area contributed by atoms with Crippen molar-refractivity contribution in [1.82, 2.24) is 15.1 Å². The molecule has 3 fully saturated rings. The molecule has 0 bridgehead atoms. The summed E-state index contributed by atoms with van der Waals surface area (Å²) in [4.78, 5) is 20.4. The van der Waals surface area contributed by atoms with Gasteiger partial charge in [-0.2, -0.15) is 0 Å². The van der Waals surface area contributed by atoms with Gasteiger partial charge in [0.25, 0.3) is 0 Å². The van der Waals surface area contributed by atoms with Crippen molar-refractivity contribution in [2.45, 2.75) is 45.4 Å². The molecule has 5 heteroatoms. The zero-order valence-corrected chi connectivity index (χ0v) is 14.8. The molecule has 3 aliphatic rings. The Hall–Kier alpha value is -1.26. The number of likely N-dealkylation sites (tertiary alicyclic amines) is 2. The molecule has 0 spiro atoms. The van der Waals surface area contributed by atoms with Crippen molar-refractivity contribution in [1.29, 1.82) is 0 Å². The molecule has 0 aromatic carbocycles. The van der Waals surface area contributed by atoms with Crippen LogP contribution in [0.25, 0.3) is 0 Å². The van der Waals surface area contributed by atoms with Gasteiger partial charge in [-0.3, -0.25) is 9.79 Å². The van der Waals surface area contributed by atoms with Gasteiger partial charge < -0.3 is 15.1 Å². The molecule has 0 radical (unpaired) electrons. The maximum atomic E-state index is 11.4. The van der Waals surface area contributed by atoms with Crippen LogP contribution in [0, 0.1) is 17.8 Å². The highest BCUT2D eigenvalue weighted by molar-refractivity contribution is 5.80. The number of carbonyl (C=O) groups is 1. The minimum atomic E-state index is 0.215. The molecule has 2 unspecified atom stereocenters. The first-order valence-corrected chi connectivity index (χ1v) is 9.38. The van der Waals surface area contributed by atoms with Crippen LogP contribution in [0.1, 0.15) is 45.4 Å². The first-order valence-electron chi connectivity index (χ1n) is 9.38. The van der Waals surface area contributed by atoms with E-state index in [-0.39, 0.29) is 5.91 Å². The topological polar surface area (TPSA) is 47.9 Å². The van der Waals surface area contributed by atoms with Crippen molar-refractivity contribution < 1.29 is 4.79 Å². The van der Waals surface area contributed by atoms with Crippen molar-refractivity contribution in [2.24, 2.45) is 22.7 Å². The van der Waals surface area contributed by atoms with E-state index in [0.717, 1.165) is 50.3 Å². The number of nitrogens with one attached hydrogen (secondary N) is 1. The fraction of sp³-hybridized carbons (Fsp3) is 0.889. The molecule has 2 saturated heterocycles. The quantitative estimate of drug-likeness (QED) is 0.625. The van der Waals surface area contributed by atoms with E-state index in [1.54, 1.807) is 6.92 Å². The average Bonchev–Trinajstić information content (AvgIpc) is 2.99. The zero-order valence-electron chi connectivity index (χ0n) is 14.8. The molecule has 0 aromatic heterocycles. The molecule has 2 aliphatic heterocycles. The van der Waals surface area contributed by atoms with Gasteiger partial charge in [0.2, 0.25) is 5.91 Å². The lowest BCUT2D eigenvalue weighted by Crippen LogP contribution is -2.45. The number of rotatable bonds is 2. The van der Waals surface area contributed by atoms with Gasteiger partial charge in [0.1, 0.15) is 0 Å². The number of fused-ring (bicyclic) bond motifs is 1. The lowest BCUT2D eigenvalue weighted by Gasteiger charge is -2.32. The Morgan fingerprint density at radius 2 is 1.65 bits per heavy atom. The Kier molecular flexibility index (Phi) is 5.44. The van der Waals surface area contributed by atoms with Crippen LogP contribution < -0.4 is 5.32 Å². The van der Waals surface area contributed by atoms with Crippen molar-refractivity contribution in [3.05, 3.63) is 0 Å². The summed E-state index contributed by atoms with van der Waals surface area (Å²) in [7, 11) is 1.91. The van der Waals surface area contributed by atoms with Crippen LogP contribution in [0.2, 0.25) is 0 Å². The molecule has 2 atom stereocenters. The third-order valence-electron chi connectivity index (χ3n) is 6.10. The molecule has 0 aromatic rings. The summed E-state index contributed by atoms with van der Waals surface area (Å²) in [5, 5.41) is 3.61. The predicted molar refractivity (Wildman–Crippen MR) is 93.4 cm³/mol. The van der Waals surface area contributed by atoms with Crippen molar-refractivity contribution in [2.75, 3.05) is 39.8 Å². The summed E-state index contributed by atoms with van der Waals surface area (Å²) in [6, 6.07) is 0. The van der Waals surface area contributed by atoms with Crippen molar-refractivity contribution in [3.8, 4) is 0 Å². The Morgan fingerprint density at radius 3 is 2.17 bits per heavy atom. The number of guanidine groups is 1. The molecule has 130 valence electrons. The molecule has 1 saturated carbocycles. The second kappa shape index (κ2) is 7.54. The number of piperidine rings is 1. The third-order valence-corrected chi connectivity index (χ3v) is 6.10. The van der Waals surface area contributed by atoms with E-state index >= 15 is 0 Å². The lowest BCUT2D eigenvalue weighted by molar-refractivity contribution is -0.130. The van der Waals surface area contributed by atoms with Gasteiger partial charge in [0.15, 0.2) is 5.96 Å². The predicted octanol–water partition coefficient (Wildman–Crippen LogP) is 1.94. The Labute approximate surface area is 140 Å². The van der Waals surface area contributed by atoms with Crippen LogP contribution in [-0.4, -0.2) is 61.4 Å². The third kappa shape index (κ3) is 3.99. The standard InChI is InChI=1S/C18H32N4O/c1-14(23)21-9-7-15(8-10-21)11-20-18(19-2)22-12-16-5-3-4-6-17(16)13-22/h15-17H,3-13H2,1-2H3,(H,19,20). The minimum Gasteiger partial charge on any atom is -0.356 e. The van der Waals surface area contributed by atoms with Gasteiger partial charge in [-0.25, -0.2) is 0 Å². The highest BCUT2D eigenvalue weighted by Gasteiger charge is 2.35. The molecule has 1 aliphatic carbocycles. The van der Waals surface area contributed by atoms with E-state index in [2.05, 4.69) is 15.2 Å². The average molecular weight is 320 g/mol. The molecule has 23 heavy (non-hydrogen) atoms. The summed E-state index contributed by atoms with van der Waals surface area (Å²) in [6.45, 7) is 6.86. The van der Waals surface area contributed by atoms with Gasteiger partial charge in [-0.05, 0) is 43.4 Å². The summed E-state index contributed by atoms with van der Waals surface area (Å²) >= 11 is 0. The number of nitrogens with zero attached hydrogens (tertiary/aromatic N) is 3. The first-order chi connectivity index (χ1) is 11.2. The van der Waals surface area contributed by atoms with Gasteiger partial charge in [0, 0.05) is 46.7 Å². The van der Waals surface area contributed by atoms with E-state index in [1.807, 2.05) is 11.9 Å². The summed E-state index contributed by atoms with van der Waals surface area (Å²) in [5.74, 6) is 3.75. The number of amides is 1. The molecule has 1 N–H and O–H groups in total. The fourth-order valence-electron chi connectivity index (χ4n) is 4.60. The second-order valence-electron chi connectivity index (χ2n) is 7.59. The van der Waals surface area contributed by atoms with E-state index in [0.29, 0.717) is 5.92 Å². The molecule has 1 amide bonds. The molecule has 2 heterocycles. The maximum absolute atomic E-state index is 11.4. The summed E-state index contributed by atoms with van der Waals surface area (Å²) < 4.78 is 0. The second-order valence-corrected chi connectivity index (χ2v) is 7.59. The van der Waals surface area contributed by atoms with Crippen LogP contribution in [0.15, 0.2) is 4.99 Å². The zero-order chi connectivity index (χ0) is 16.2. The SMILES string of the molecule is CN=C(NCC1CCN(C(C)=O)CC1)N1CC2CCCCC2C1. The molecule has 5 nitrogen and oxygen atoms in total. The van der Waals surface area contributed by atoms with Gasteiger partial charge >= 0.3 is 0 Å². The maximum Gasteiger partial charge on any atom is 0.219 e. The van der Waals surface area contributed by atoms with Crippen LogP contribution in [0.4, 0.5) is 0 Å². The molecule has 3 rings (SSSR count). The van der Waals surface area contributed by atoms with Crippen LogP contribution in [0.5, 0.6) is 0 Å². The van der Waals surface area contributed by atoms with E-state index in [4.69, 9.17) is 0 Å². The largest absolute Gasteiger partial charge is 0.356 e. The van der Waals surface area contributed by atoms with E-state index < -0.39 is 0 Å². The first kappa shape index (κ1) is 16.6. The molecular weight excluding hydrogens is 288 g/mol.